The van der Waals surface area contributed by atoms with Crippen LogP contribution in [0.3, 0.4) is 0 Å². The lowest BCUT2D eigenvalue weighted by molar-refractivity contribution is -0.0107. The van der Waals surface area contributed by atoms with Crippen molar-refractivity contribution in [2.45, 2.75) is 19.1 Å². The molecule has 0 bridgehead atoms. The fourth-order valence-corrected chi connectivity index (χ4v) is 1.81. The maximum absolute atomic E-state index is 13.6. The molecule has 0 saturated carbocycles. The number of nitrogens with zero attached hydrogens (tertiary/aromatic N) is 2. The van der Waals surface area contributed by atoms with Gasteiger partial charge in [0.25, 0.3) is 0 Å². The van der Waals surface area contributed by atoms with E-state index in [1.54, 1.807) is 12.3 Å². The van der Waals surface area contributed by atoms with E-state index in [0.717, 1.165) is 0 Å². The molecule has 2 rings (SSSR count). The highest BCUT2D eigenvalue weighted by molar-refractivity contribution is 5.41. The first-order valence-electron chi connectivity index (χ1n) is 5.32. The van der Waals surface area contributed by atoms with Crippen molar-refractivity contribution in [3.05, 3.63) is 24.1 Å². The monoisotopic (exact) mass is 226 g/mol. The average molecular weight is 226 g/mol. The first-order chi connectivity index (χ1) is 7.72. The molecule has 1 aliphatic heterocycles. The van der Waals surface area contributed by atoms with Gasteiger partial charge in [0.05, 0.1) is 25.4 Å². The molecule has 1 fully saturated rings. The van der Waals surface area contributed by atoms with Crippen molar-refractivity contribution < 1.29 is 14.2 Å². The number of hydrogen-bond donors (Lipinski definition) is 1. The summed E-state index contributed by atoms with van der Waals surface area (Å²) in [6.07, 6.45) is 1.30. The van der Waals surface area contributed by atoms with Crippen molar-refractivity contribution in [2.75, 3.05) is 24.7 Å². The van der Waals surface area contributed by atoms with E-state index in [1.807, 2.05) is 11.8 Å². The van der Waals surface area contributed by atoms with Gasteiger partial charge < -0.3 is 14.7 Å². The number of morpholine rings is 1. The van der Waals surface area contributed by atoms with E-state index in [4.69, 9.17) is 9.84 Å². The Balaban J connectivity index is 2.21. The topological polar surface area (TPSA) is 45.6 Å². The summed E-state index contributed by atoms with van der Waals surface area (Å²) in [5.41, 5.74) is 0. The predicted molar refractivity (Wildman–Crippen MR) is 57.8 cm³/mol. The number of pyridine rings is 1. The van der Waals surface area contributed by atoms with E-state index in [0.29, 0.717) is 19.0 Å². The molecule has 1 aromatic rings. The molecule has 1 aromatic heterocycles. The summed E-state index contributed by atoms with van der Waals surface area (Å²) >= 11 is 0. The van der Waals surface area contributed by atoms with Crippen molar-refractivity contribution in [2.24, 2.45) is 0 Å². The Hall–Kier alpha value is -1.20. The van der Waals surface area contributed by atoms with Crippen LogP contribution in [0.4, 0.5) is 10.2 Å². The molecule has 0 aliphatic carbocycles. The van der Waals surface area contributed by atoms with E-state index >= 15 is 0 Å². The van der Waals surface area contributed by atoms with Gasteiger partial charge in [-0.2, -0.15) is 0 Å². The van der Waals surface area contributed by atoms with Crippen LogP contribution in [0.1, 0.15) is 6.92 Å². The van der Waals surface area contributed by atoms with Crippen molar-refractivity contribution >= 4 is 5.82 Å². The molecular weight excluding hydrogens is 211 g/mol. The Morgan fingerprint density at radius 3 is 3.19 bits per heavy atom. The second kappa shape index (κ2) is 4.76. The molecule has 1 saturated heterocycles. The van der Waals surface area contributed by atoms with Gasteiger partial charge in [0.15, 0.2) is 11.6 Å². The molecule has 88 valence electrons. The first kappa shape index (κ1) is 11.3. The fraction of sp³-hybridized carbons (Fsp3) is 0.545. The van der Waals surface area contributed by atoms with Crippen LogP contribution >= 0.6 is 0 Å². The molecular formula is C11H15FN2O2. The number of aromatic nitrogens is 1. The number of anilines is 1. The van der Waals surface area contributed by atoms with Gasteiger partial charge in [0.1, 0.15) is 0 Å². The molecule has 1 aliphatic rings. The number of rotatable bonds is 2. The zero-order valence-corrected chi connectivity index (χ0v) is 9.14. The van der Waals surface area contributed by atoms with Gasteiger partial charge in [-0.15, -0.1) is 0 Å². The molecule has 1 N–H and O–H groups in total. The zero-order chi connectivity index (χ0) is 11.5. The highest BCUT2D eigenvalue weighted by Crippen LogP contribution is 2.21. The van der Waals surface area contributed by atoms with Crippen molar-refractivity contribution in [3.63, 3.8) is 0 Å². The fourth-order valence-electron chi connectivity index (χ4n) is 1.81. The Morgan fingerprint density at radius 1 is 1.69 bits per heavy atom. The molecule has 0 amide bonds. The van der Waals surface area contributed by atoms with Crippen LogP contribution in [0.15, 0.2) is 18.3 Å². The number of aliphatic hydroxyl groups excluding tert-OH is 1. The van der Waals surface area contributed by atoms with Crippen molar-refractivity contribution in [1.29, 1.82) is 0 Å². The summed E-state index contributed by atoms with van der Waals surface area (Å²) in [5, 5.41) is 9.05. The van der Waals surface area contributed by atoms with Crippen LogP contribution in [0.2, 0.25) is 0 Å². The van der Waals surface area contributed by atoms with Gasteiger partial charge in [-0.05, 0) is 19.1 Å². The third-order valence-electron chi connectivity index (χ3n) is 2.72. The van der Waals surface area contributed by atoms with E-state index < -0.39 is 0 Å². The minimum absolute atomic E-state index is 0.0579. The molecule has 2 unspecified atom stereocenters. The Morgan fingerprint density at radius 2 is 2.50 bits per heavy atom. The summed E-state index contributed by atoms with van der Waals surface area (Å²) in [7, 11) is 0. The third-order valence-corrected chi connectivity index (χ3v) is 2.72. The lowest BCUT2D eigenvalue weighted by Gasteiger charge is -2.38. The van der Waals surface area contributed by atoms with Crippen LogP contribution in [0, 0.1) is 5.82 Å². The summed E-state index contributed by atoms with van der Waals surface area (Å²) in [6, 6.07) is 3.01. The number of hydrogen-bond acceptors (Lipinski definition) is 4. The van der Waals surface area contributed by atoms with E-state index in [1.165, 1.54) is 6.07 Å². The Bertz CT molecular complexity index is 362. The summed E-state index contributed by atoms with van der Waals surface area (Å²) < 4.78 is 19.0. The van der Waals surface area contributed by atoms with Gasteiger partial charge >= 0.3 is 0 Å². The highest BCUT2D eigenvalue weighted by Gasteiger charge is 2.28. The molecule has 2 atom stereocenters. The van der Waals surface area contributed by atoms with Crippen LogP contribution in [0.25, 0.3) is 0 Å². The minimum atomic E-state index is -0.340. The largest absolute Gasteiger partial charge is 0.394 e. The lowest BCUT2D eigenvalue weighted by atomic mass is 10.2. The quantitative estimate of drug-likeness (QED) is 0.810. The highest BCUT2D eigenvalue weighted by atomic mass is 19.1. The molecule has 4 nitrogen and oxygen atoms in total. The molecule has 0 spiro atoms. The average Bonchev–Trinajstić information content (AvgIpc) is 2.31. The van der Waals surface area contributed by atoms with Gasteiger partial charge in [-0.1, -0.05) is 0 Å². The molecule has 0 aromatic carbocycles. The van der Waals surface area contributed by atoms with E-state index in [-0.39, 0.29) is 24.6 Å². The predicted octanol–water partition coefficient (Wildman–Crippen LogP) is 0.807. The Kier molecular flexibility index (Phi) is 3.36. The van der Waals surface area contributed by atoms with Gasteiger partial charge in [0, 0.05) is 12.7 Å². The van der Waals surface area contributed by atoms with Crippen molar-refractivity contribution in [3.8, 4) is 0 Å². The number of ether oxygens (including phenoxy) is 1. The second-order valence-electron chi connectivity index (χ2n) is 3.95. The second-order valence-corrected chi connectivity index (χ2v) is 3.95. The summed E-state index contributed by atoms with van der Waals surface area (Å²) in [5.74, 6) is -0.00955. The van der Waals surface area contributed by atoms with Crippen LogP contribution in [-0.4, -0.2) is 42.0 Å². The van der Waals surface area contributed by atoms with Crippen molar-refractivity contribution in [1.82, 2.24) is 4.98 Å². The zero-order valence-electron chi connectivity index (χ0n) is 9.14. The van der Waals surface area contributed by atoms with Crippen LogP contribution in [-0.2, 0) is 4.74 Å². The molecule has 16 heavy (non-hydrogen) atoms. The summed E-state index contributed by atoms with van der Waals surface area (Å²) in [6.45, 7) is 2.83. The third kappa shape index (κ3) is 2.15. The van der Waals surface area contributed by atoms with Crippen LogP contribution < -0.4 is 4.90 Å². The number of halogens is 1. The Labute approximate surface area is 93.7 Å². The van der Waals surface area contributed by atoms with Gasteiger partial charge in [-0.25, -0.2) is 9.37 Å². The van der Waals surface area contributed by atoms with Crippen LogP contribution in [0.5, 0.6) is 0 Å². The van der Waals surface area contributed by atoms with E-state index in [2.05, 4.69) is 4.98 Å². The van der Waals surface area contributed by atoms with Gasteiger partial charge in [0.2, 0.25) is 0 Å². The maximum atomic E-state index is 13.6. The molecule has 0 radical (unpaired) electrons. The smallest absolute Gasteiger partial charge is 0.165 e. The molecule has 2 heterocycles. The SMILES string of the molecule is CC1COC(CO)CN1c1ncccc1F. The first-order valence-corrected chi connectivity index (χ1v) is 5.32. The molecule has 5 heteroatoms. The standard InChI is InChI=1S/C11H15FN2O2/c1-8-7-16-9(6-15)5-14(8)11-10(12)3-2-4-13-11/h2-4,8-9,15H,5-7H2,1H3. The summed E-state index contributed by atoms with van der Waals surface area (Å²) in [4.78, 5) is 5.87. The lowest BCUT2D eigenvalue weighted by Crippen LogP contribution is -2.50. The number of aliphatic hydroxyl groups is 1. The van der Waals surface area contributed by atoms with E-state index in [9.17, 15) is 4.39 Å². The minimum Gasteiger partial charge on any atom is -0.394 e. The van der Waals surface area contributed by atoms with Gasteiger partial charge in [-0.3, -0.25) is 0 Å². The normalized spacial score (nSPS) is 25.8. The maximum Gasteiger partial charge on any atom is 0.165 e.